The highest BCUT2D eigenvalue weighted by molar-refractivity contribution is 8.14. The molecule has 1 heterocycles. The molecule has 0 aliphatic carbocycles. The first-order valence-corrected chi connectivity index (χ1v) is 8.00. The molecule has 0 radical (unpaired) electrons. The van der Waals surface area contributed by atoms with Gasteiger partial charge >= 0.3 is 5.97 Å². The van der Waals surface area contributed by atoms with Crippen LogP contribution in [0.15, 0.2) is 47.5 Å². The number of aliphatic imine (C=N–C) groups is 1. The zero-order valence-electron chi connectivity index (χ0n) is 12.1. The third-order valence-corrected chi connectivity index (χ3v) is 4.86. The Bertz CT molecular complexity index is 726. The zero-order valence-corrected chi connectivity index (χ0v) is 12.9. The monoisotopic (exact) mass is 299 g/mol. The quantitative estimate of drug-likeness (QED) is 0.812. The number of rotatable bonds is 3. The number of benzene rings is 2. The number of ether oxygens (including phenoxy) is 1. The highest BCUT2D eigenvalue weighted by Crippen LogP contribution is 2.32. The molecule has 3 nitrogen and oxygen atoms in total. The van der Waals surface area contributed by atoms with Crippen LogP contribution in [-0.4, -0.2) is 28.9 Å². The summed E-state index contributed by atoms with van der Waals surface area (Å²) in [5.41, 5.74) is 0.300. The second-order valence-corrected chi connectivity index (χ2v) is 6.23. The summed E-state index contributed by atoms with van der Waals surface area (Å²) in [7, 11) is 0. The highest BCUT2D eigenvalue weighted by atomic mass is 32.2. The van der Waals surface area contributed by atoms with Crippen molar-refractivity contribution >= 4 is 33.5 Å². The van der Waals surface area contributed by atoms with Crippen LogP contribution >= 0.6 is 11.8 Å². The molecular formula is C17H17NO2S. The summed E-state index contributed by atoms with van der Waals surface area (Å²) in [5.74, 6) is 0.391. The van der Waals surface area contributed by atoms with Gasteiger partial charge in [-0.1, -0.05) is 36.4 Å². The van der Waals surface area contributed by atoms with Crippen LogP contribution in [0.25, 0.3) is 10.8 Å². The summed E-state index contributed by atoms with van der Waals surface area (Å²) < 4.78 is 5.12. The lowest BCUT2D eigenvalue weighted by Gasteiger charge is -2.16. The molecule has 0 fully saturated rings. The van der Waals surface area contributed by atoms with Crippen molar-refractivity contribution in [3.63, 3.8) is 0 Å². The van der Waals surface area contributed by atoms with Crippen molar-refractivity contribution < 1.29 is 9.53 Å². The Morgan fingerprint density at radius 2 is 2.05 bits per heavy atom. The molecule has 0 saturated heterocycles. The minimum Gasteiger partial charge on any atom is -0.464 e. The molecule has 0 saturated carbocycles. The van der Waals surface area contributed by atoms with E-state index in [2.05, 4.69) is 35.3 Å². The second-order valence-electron chi connectivity index (χ2n) is 5.26. The maximum absolute atomic E-state index is 12.0. The van der Waals surface area contributed by atoms with Gasteiger partial charge in [0.1, 0.15) is 0 Å². The number of nitrogens with zero attached hydrogens (tertiary/aromatic N) is 1. The van der Waals surface area contributed by atoms with Gasteiger partial charge in [0.05, 0.1) is 11.7 Å². The lowest BCUT2D eigenvalue weighted by molar-refractivity contribution is -0.147. The fourth-order valence-electron chi connectivity index (χ4n) is 2.36. The summed E-state index contributed by atoms with van der Waals surface area (Å²) in [6, 6.07) is 14.5. The van der Waals surface area contributed by atoms with Gasteiger partial charge in [0.15, 0.2) is 5.54 Å². The third-order valence-electron chi connectivity index (χ3n) is 3.55. The van der Waals surface area contributed by atoms with E-state index < -0.39 is 5.54 Å². The summed E-state index contributed by atoms with van der Waals surface area (Å²) in [6.07, 6.45) is 0. The molecule has 1 unspecified atom stereocenters. The van der Waals surface area contributed by atoms with Crippen molar-refractivity contribution in [3.8, 4) is 0 Å². The fourth-order valence-corrected chi connectivity index (χ4v) is 3.52. The molecule has 1 aliphatic heterocycles. The van der Waals surface area contributed by atoms with Gasteiger partial charge in [0.2, 0.25) is 0 Å². The number of carbonyl (C=O) groups is 1. The van der Waals surface area contributed by atoms with Crippen LogP contribution in [-0.2, 0) is 9.53 Å². The smallest absolute Gasteiger partial charge is 0.334 e. The normalized spacial score (nSPS) is 21.3. The number of hydrogen-bond donors (Lipinski definition) is 0. The van der Waals surface area contributed by atoms with Gasteiger partial charge in [0, 0.05) is 11.3 Å². The van der Waals surface area contributed by atoms with Crippen LogP contribution in [0.3, 0.4) is 0 Å². The minimum absolute atomic E-state index is 0.242. The number of hydrogen-bond acceptors (Lipinski definition) is 4. The minimum atomic E-state index is -0.762. The molecule has 3 rings (SSSR count). The fraction of sp³-hybridized carbons (Fsp3) is 0.294. The lowest BCUT2D eigenvalue weighted by Crippen LogP contribution is -2.35. The van der Waals surface area contributed by atoms with Crippen LogP contribution in [0.5, 0.6) is 0 Å². The second kappa shape index (κ2) is 5.53. The Morgan fingerprint density at radius 1 is 1.29 bits per heavy atom. The van der Waals surface area contributed by atoms with Crippen molar-refractivity contribution in [1.82, 2.24) is 0 Å². The average Bonchev–Trinajstić information content (AvgIpc) is 2.91. The molecule has 1 aliphatic rings. The molecule has 21 heavy (non-hydrogen) atoms. The summed E-state index contributed by atoms with van der Waals surface area (Å²) in [4.78, 5) is 16.6. The van der Waals surface area contributed by atoms with Crippen LogP contribution in [0.4, 0.5) is 0 Å². The predicted octanol–water partition coefficient (Wildman–Crippen LogP) is 3.66. The number of carbonyl (C=O) groups excluding carboxylic acids is 1. The molecule has 108 valence electrons. The Balaban J connectivity index is 1.94. The van der Waals surface area contributed by atoms with Gasteiger partial charge in [-0.3, -0.25) is 4.99 Å². The summed E-state index contributed by atoms with van der Waals surface area (Å²) in [5, 5.41) is 3.30. The van der Waals surface area contributed by atoms with E-state index in [1.807, 2.05) is 26.0 Å². The van der Waals surface area contributed by atoms with Crippen LogP contribution < -0.4 is 0 Å². The molecule has 0 amide bonds. The molecule has 2 aromatic rings. The van der Waals surface area contributed by atoms with Crippen molar-refractivity contribution in [2.75, 3.05) is 12.4 Å². The van der Waals surface area contributed by atoms with E-state index in [1.54, 1.807) is 11.8 Å². The number of esters is 1. The van der Waals surface area contributed by atoms with Crippen molar-refractivity contribution in [1.29, 1.82) is 0 Å². The molecule has 1 atom stereocenters. The first-order chi connectivity index (χ1) is 10.1. The lowest BCUT2D eigenvalue weighted by atomic mass is 10.1. The molecular weight excluding hydrogens is 282 g/mol. The van der Waals surface area contributed by atoms with Gasteiger partial charge in [-0.25, -0.2) is 4.79 Å². The Hall–Kier alpha value is -1.81. The van der Waals surface area contributed by atoms with Crippen LogP contribution in [0.2, 0.25) is 0 Å². The van der Waals surface area contributed by atoms with Gasteiger partial charge in [0.25, 0.3) is 0 Å². The standard InChI is InChI=1S/C17H17NO2S/c1-3-20-16(19)17(2)11-21-15(18-17)14-9-8-12-6-4-5-7-13(12)10-14/h4-10H,3,11H2,1-2H3. The van der Waals surface area contributed by atoms with Crippen molar-refractivity contribution in [3.05, 3.63) is 48.0 Å². The maximum Gasteiger partial charge on any atom is 0.334 e. The van der Waals surface area contributed by atoms with Crippen molar-refractivity contribution in [2.45, 2.75) is 19.4 Å². The number of thioether (sulfide) groups is 1. The topological polar surface area (TPSA) is 38.7 Å². The van der Waals surface area contributed by atoms with E-state index in [9.17, 15) is 4.79 Å². The maximum atomic E-state index is 12.0. The van der Waals surface area contributed by atoms with Crippen LogP contribution in [0, 0.1) is 0 Å². The molecule has 0 N–H and O–H groups in total. The highest BCUT2D eigenvalue weighted by Gasteiger charge is 2.39. The summed E-state index contributed by atoms with van der Waals surface area (Å²) in [6.45, 7) is 4.04. The summed E-state index contributed by atoms with van der Waals surface area (Å²) >= 11 is 1.61. The number of fused-ring (bicyclic) bond motifs is 1. The van der Waals surface area contributed by atoms with E-state index in [0.29, 0.717) is 12.4 Å². The van der Waals surface area contributed by atoms with E-state index >= 15 is 0 Å². The molecule has 0 aromatic heterocycles. The Kier molecular flexibility index (Phi) is 3.72. The zero-order chi connectivity index (χ0) is 14.9. The third kappa shape index (κ3) is 2.68. The van der Waals surface area contributed by atoms with Crippen molar-refractivity contribution in [2.24, 2.45) is 4.99 Å². The predicted molar refractivity (Wildman–Crippen MR) is 88.0 cm³/mol. The largest absolute Gasteiger partial charge is 0.464 e. The van der Waals surface area contributed by atoms with E-state index in [1.165, 1.54) is 10.8 Å². The van der Waals surface area contributed by atoms with E-state index in [0.717, 1.165) is 10.6 Å². The first kappa shape index (κ1) is 14.1. The van der Waals surface area contributed by atoms with E-state index in [4.69, 9.17) is 4.74 Å². The molecule has 0 spiro atoms. The Labute approximate surface area is 128 Å². The van der Waals surface area contributed by atoms with Gasteiger partial charge in [-0.05, 0) is 30.7 Å². The first-order valence-electron chi connectivity index (χ1n) is 7.01. The molecule has 4 heteroatoms. The van der Waals surface area contributed by atoms with Gasteiger partial charge in [-0.15, -0.1) is 11.8 Å². The van der Waals surface area contributed by atoms with Gasteiger partial charge in [-0.2, -0.15) is 0 Å². The average molecular weight is 299 g/mol. The van der Waals surface area contributed by atoms with Crippen LogP contribution in [0.1, 0.15) is 19.4 Å². The molecule has 0 bridgehead atoms. The SMILES string of the molecule is CCOC(=O)C1(C)CSC(c2ccc3ccccc3c2)=N1. The van der Waals surface area contributed by atoms with E-state index in [-0.39, 0.29) is 5.97 Å². The molecule has 2 aromatic carbocycles. The Morgan fingerprint density at radius 3 is 2.81 bits per heavy atom. The van der Waals surface area contributed by atoms with Gasteiger partial charge < -0.3 is 4.74 Å².